The van der Waals surface area contributed by atoms with Gasteiger partial charge in [0, 0.05) is 34.0 Å². The fourth-order valence-corrected chi connectivity index (χ4v) is 9.41. The van der Waals surface area contributed by atoms with Gasteiger partial charge in [-0.05, 0) is 81.4 Å². The van der Waals surface area contributed by atoms with Gasteiger partial charge in [-0.15, -0.1) is 0 Å². The van der Waals surface area contributed by atoms with E-state index < -0.39 is 5.41 Å². The Labute approximate surface area is 365 Å². The highest BCUT2D eigenvalue weighted by atomic mass is 16.6. The Morgan fingerprint density at radius 3 is 1.68 bits per heavy atom. The fourth-order valence-electron chi connectivity index (χ4n) is 9.41. The quantitative estimate of drug-likeness (QED) is 0.161. The van der Waals surface area contributed by atoms with Gasteiger partial charge in [-0.2, -0.15) is 0 Å². The molecule has 0 atom stereocenters. The lowest BCUT2D eigenvalue weighted by Gasteiger charge is -2.34. The molecule has 2 aromatic heterocycles. The van der Waals surface area contributed by atoms with E-state index in [1.807, 2.05) is 54.7 Å². The number of rotatable bonds is 7. The van der Waals surface area contributed by atoms with Crippen LogP contribution in [0, 0.1) is 0 Å². The second-order valence-corrected chi connectivity index (χ2v) is 15.9. The largest absolute Gasteiger partial charge is 0.449 e. The summed E-state index contributed by atoms with van der Waals surface area (Å²) >= 11 is 0. The topological polar surface area (TPSA) is 57.1 Å². The van der Waals surface area contributed by atoms with Gasteiger partial charge in [-0.1, -0.05) is 176 Å². The number of pyridine rings is 1. The van der Waals surface area contributed by atoms with Gasteiger partial charge >= 0.3 is 0 Å². The van der Waals surface area contributed by atoms with Gasteiger partial charge in [0.15, 0.2) is 28.8 Å². The summed E-state index contributed by atoms with van der Waals surface area (Å²) in [5.74, 6) is 3.44. The van der Waals surface area contributed by atoms with E-state index in [2.05, 4.69) is 175 Å². The van der Waals surface area contributed by atoms with Crippen molar-refractivity contribution in [1.82, 2.24) is 15.0 Å². The summed E-state index contributed by atoms with van der Waals surface area (Å²) in [4.78, 5) is 14.8. The SMILES string of the molecule is c1ccc(-c2cc(-c3ccc(-c4ccc5c(c4)Oc4c(ccc6c4-c4ccccc4C6(c4ccccc4)c4ccccc4)O5)cc3)nc(-c3cccc(-c4ccccn4)c3)n2)cc1. The van der Waals surface area contributed by atoms with Crippen LogP contribution in [0.5, 0.6) is 23.0 Å². The van der Waals surface area contributed by atoms with Crippen molar-refractivity contribution in [2.45, 2.75) is 5.41 Å². The van der Waals surface area contributed by atoms with Gasteiger partial charge in [0.1, 0.15) is 0 Å². The van der Waals surface area contributed by atoms with Gasteiger partial charge in [-0.3, -0.25) is 4.98 Å². The van der Waals surface area contributed by atoms with Crippen molar-refractivity contribution >= 4 is 0 Å². The Morgan fingerprint density at radius 1 is 0.349 bits per heavy atom. The molecule has 1 aliphatic carbocycles. The molecule has 8 aromatic carbocycles. The third kappa shape index (κ3) is 6.13. The molecule has 63 heavy (non-hydrogen) atoms. The molecule has 0 radical (unpaired) electrons. The maximum Gasteiger partial charge on any atom is 0.178 e. The van der Waals surface area contributed by atoms with E-state index in [0.717, 1.165) is 67.3 Å². The van der Waals surface area contributed by atoms with Crippen molar-refractivity contribution in [3.05, 3.63) is 247 Å². The van der Waals surface area contributed by atoms with E-state index in [4.69, 9.17) is 19.4 Å². The van der Waals surface area contributed by atoms with E-state index in [1.54, 1.807) is 0 Å². The first-order valence-electron chi connectivity index (χ1n) is 21.2. The molecule has 0 spiro atoms. The Morgan fingerprint density at radius 2 is 0.952 bits per heavy atom. The molecule has 3 heterocycles. The van der Waals surface area contributed by atoms with E-state index in [9.17, 15) is 0 Å². The highest BCUT2D eigenvalue weighted by Crippen LogP contribution is 2.62. The maximum atomic E-state index is 7.00. The molecule has 0 unspecified atom stereocenters. The Balaban J connectivity index is 0.910. The van der Waals surface area contributed by atoms with Crippen LogP contribution in [-0.4, -0.2) is 15.0 Å². The number of hydrogen-bond acceptors (Lipinski definition) is 5. The molecular weight excluding hydrogens is 771 g/mol. The van der Waals surface area contributed by atoms with E-state index >= 15 is 0 Å². The van der Waals surface area contributed by atoms with E-state index in [0.29, 0.717) is 23.1 Å². The lowest BCUT2D eigenvalue weighted by Crippen LogP contribution is -2.28. The van der Waals surface area contributed by atoms with Gasteiger partial charge in [0.25, 0.3) is 0 Å². The number of benzene rings is 8. The average Bonchev–Trinajstić information content (AvgIpc) is 3.68. The predicted octanol–water partition coefficient (Wildman–Crippen LogP) is 14.5. The third-order valence-corrected chi connectivity index (χ3v) is 12.3. The first kappa shape index (κ1) is 36.4. The van der Waals surface area contributed by atoms with Crippen molar-refractivity contribution < 1.29 is 9.47 Å². The zero-order valence-electron chi connectivity index (χ0n) is 34.0. The monoisotopic (exact) mass is 807 g/mol. The van der Waals surface area contributed by atoms with Gasteiger partial charge in [0.05, 0.1) is 22.5 Å². The first-order valence-corrected chi connectivity index (χ1v) is 21.2. The lowest BCUT2D eigenvalue weighted by atomic mass is 9.68. The molecule has 296 valence electrons. The fraction of sp³-hybridized carbons (Fsp3) is 0.0172. The van der Waals surface area contributed by atoms with Crippen molar-refractivity contribution in [2.75, 3.05) is 0 Å². The summed E-state index contributed by atoms with van der Waals surface area (Å²) in [5, 5.41) is 0. The van der Waals surface area contributed by atoms with Crippen LogP contribution in [0.15, 0.2) is 225 Å². The van der Waals surface area contributed by atoms with Crippen LogP contribution in [0.4, 0.5) is 0 Å². The zero-order valence-corrected chi connectivity index (χ0v) is 34.0. The van der Waals surface area contributed by atoms with Crippen LogP contribution in [0.3, 0.4) is 0 Å². The maximum absolute atomic E-state index is 7.00. The third-order valence-electron chi connectivity index (χ3n) is 12.3. The molecular formula is C58H37N3O2. The molecule has 0 bridgehead atoms. The summed E-state index contributed by atoms with van der Waals surface area (Å²) in [6.45, 7) is 0. The van der Waals surface area contributed by atoms with Crippen LogP contribution in [0.1, 0.15) is 22.3 Å². The van der Waals surface area contributed by atoms with Crippen molar-refractivity contribution in [2.24, 2.45) is 0 Å². The van der Waals surface area contributed by atoms with Crippen LogP contribution < -0.4 is 9.47 Å². The summed E-state index contributed by atoms with van der Waals surface area (Å²) in [7, 11) is 0. The lowest BCUT2D eigenvalue weighted by molar-refractivity contribution is 0.360. The van der Waals surface area contributed by atoms with E-state index in [-0.39, 0.29) is 0 Å². The summed E-state index contributed by atoms with van der Waals surface area (Å²) in [6.07, 6.45) is 1.81. The van der Waals surface area contributed by atoms with Gasteiger partial charge in [0.2, 0.25) is 0 Å². The average molecular weight is 808 g/mol. The molecule has 0 amide bonds. The summed E-state index contributed by atoms with van der Waals surface area (Å²) in [6, 6.07) is 75.8. The molecule has 5 nitrogen and oxygen atoms in total. The number of hydrogen-bond donors (Lipinski definition) is 0. The normalized spacial score (nSPS) is 12.8. The number of aromatic nitrogens is 3. The van der Waals surface area contributed by atoms with Crippen LogP contribution >= 0.6 is 0 Å². The van der Waals surface area contributed by atoms with Crippen molar-refractivity contribution in [3.63, 3.8) is 0 Å². The number of nitrogens with zero attached hydrogens (tertiary/aromatic N) is 3. The second kappa shape index (κ2) is 14.9. The molecule has 12 rings (SSSR count). The zero-order chi connectivity index (χ0) is 41.7. The second-order valence-electron chi connectivity index (χ2n) is 15.9. The van der Waals surface area contributed by atoms with Crippen molar-refractivity contribution in [3.8, 4) is 90.4 Å². The highest BCUT2D eigenvalue weighted by molar-refractivity contribution is 5.92. The molecule has 0 saturated carbocycles. The highest BCUT2D eigenvalue weighted by Gasteiger charge is 2.48. The van der Waals surface area contributed by atoms with Crippen LogP contribution in [0.2, 0.25) is 0 Å². The number of ether oxygens (including phenoxy) is 2. The van der Waals surface area contributed by atoms with Gasteiger partial charge in [-0.25, -0.2) is 9.97 Å². The Hall–Kier alpha value is -8.41. The molecule has 0 N–H and O–H groups in total. The van der Waals surface area contributed by atoms with E-state index in [1.165, 1.54) is 22.3 Å². The minimum atomic E-state index is -0.535. The van der Waals surface area contributed by atoms with Crippen LogP contribution in [-0.2, 0) is 5.41 Å². The van der Waals surface area contributed by atoms with Crippen LogP contribution in [0.25, 0.3) is 67.4 Å². The minimum absolute atomic E-state index is 0.535. The minimum Gasteiger partial charge on any atom is -0.449 e. The smallest absolute Gasteiger partial charge is 0.178 e. The summed E-state index contributed by atoms with van der Waals surface area (Å²) in [5.41, 5.74) is 15.1. The number of fused-ring (bicyclic) bond motifs is 6. The molecule has 0 fully saturated rings. The van der Waals surface area contributed by atoms with Crippen molar-refractivity contribution in [1.29, 1.82) is 0 Å². The molecule has 5 heteroatoms. The molecule has 10 aromatic rings. The van der Waals surface area contributed by atoms with Gasteiger partial charge < -0.3 is 9.47 Å². The molecule has 0 saturated heterocycles. The summed E-state index contributed by atoms with van der Waals surface area (Å²) < 4.78 is 13.6. The Kier molecular flexibility index (Phi) is 8.64. The Bertz CT molecular complexity index is 3280. The predicted molar refractivity (Wildman–Crippen MR) is 251 cm³/mol. The molecule has 2 aliphatic rings. The standard InChI is InChI=1S/C58H37N3O2/c1-4-15-39(16-5-1)50-37-51(61-57(60-50)43-18-14-17-42(35-43)49-25-12-13-34-59-49)40-28-26-38(27-29-40)41-30-32-52-54(36-41)63-56-53(62-52)33-31-48-55(56)46-23-10-11-24-47(46)58(48,44-19-6-2-7-20-44)45-21-8-3-9-22-45/h1-37H. The first-order chi connectivity index (χ1) is 31.2. The molecule has 1 aliphatic heterocycles.